The number of aliphatic hydroxyl groups excluding tert-OH is 1. The van der Waals surface area contributed by atoms with Gasteiger partial charge in [-0.2, -0.15) is 0 Å². The fourth-order valence-electron chi connectivity index (χ4n) is 10.8. The van der Waals surface area contributed by atoms with Crippen LogP contribution in [0.3, 0.4) is 0 Å². The zero-order valence-electron chi connectivity index (χ0n) is 65.4. The van der Waals surface area contributed by atoms with Gasteiger partial charge in [-0.3, -0.25) is 37.3 Å². The maximum atomic E-state index is 13.1. The molecule has 17 nitrogen and oxygen atoms in total. The molecule has 19 heteroatoms. The lowest BCUT2D eigenvalue weighted by molar-refractivity contribution is -0.161. The standard InChI is InChI=1S/C85H146O17P2/c1-5-9-13-17-21-25-29-32-35-37-39-41-44-46-50-53-57-61-65-69-82(87)95-75-80(101-84(89)71-67-63-59-55-49-28-24-20-16-12-8-4)77-99-103(91,92)97-73-79(86)74-98-104(93,94)100-78-81(102-85(90)72-68-64-60-56-52-48-43-34-31-27-23-19-15-11-7-3)76-96-83(88)70-66-62-58-54-51-47-45-42-40-38-36-33-30-26-22-18-14-10-6-2/h9-10,13-14,21-22,25-26,32-36,39-43,47,51,79-81,86H,5-8,11-12,15-20,23-24,27-31,37-38,44-46,48-50,52-78H2,1-4H3,(H,91,92)(H,93,94)/b13-9-,14-10-,25-21-,26-22-,35-32-,36-33-,41-39-,42-40-,43-34-,51-47-. The largest absolute Gasteiger partial charge is 0.472 e. The normalized spacial score (nSPS) is 14.5. The molecule has 0 rings (SSSR count). The average Bonchev–Trinajstić information content (AvgIpc) is 0.929. The van der Waals surface area contributed by atoms with Crippen LogP contribution < -0.4 is 0 Å². The predicted molar refractivity (Wildman–Crippen MR) is 427 cm³/mol. The Morgan fingerprint density at radius 3 is 0.788 bits per heavy atom. The number of hydrogen-bond donors (Lipinski definition) is 3. The first kappa shape index (κ1) is 99.5. The highest BCUT2D eigenvalue weighted by Gasteiger charge is 2.30. The van der Waals surface area contributed by atoms with Gasteiger partial charge in [0.15, 0.2) is 12.2 Å². The number of phosphoric ester groups is 2. The predicted octanol–water partition coefficient (Wildman–Crippen LogP) is 23.9. The van der Waals surface area contributed by atoms with Gasteiger partial charge in [-0.25, -0.2) is 9.13 Å². The topological polar surface area (TPSA) is 237 Å². The summed E-state index contributed by atoms with van der Waals surface area (Å²) in [7, 11) is -9.97. The lowest BCUT2D eigenvalue weighted by Gasteiger charge is -2.21. The average molecular weight is 1500 g/mol. The first-order valence-corrected chi connectivity index (χ1v) is 43.8. The zero-order chi connectivity index (χ0) is 76.0. The van der Waals surface area contributed by atoms with E-state index in [4.69, 9.17) is 37.0 Å². The molecule has 0 bridgehead atoms. The monoisotopic (exact) mass is 1500 g/mol. The van der Waals surface area contributed by atoms with Gasteiger partial charge in [-0.05, 0) is 135 Å². The molecule has 0 aliphatic carbocycles. The molecule has 5 atom stereocenters. The minimum atomic E-state index is -4.99. The van der Waals surface area contributed by atoms with Crippen molar-refractivity contribution in [1.82, 2.24) is 0 Å². The van der Waals surface area contributed by atoms with Gasteiger partial charge in [0.1, 0.15) is 19.3 Å². The molecule has 3 N–H and O–H groups in total. The van der Waals surface area contributed by atoms with Crippen LogP contribution >= 0.6 is 15.6 Å². The first-order valence-electron chi connectivity index (χ1n) is 40.8. The Bertz CT molecular complexity index is 2440. The molecule has 0 aromatic rings. The maximum absolute atomic E-state index is 13.1. The number of carbonyl (C=O) groups is 4. The second-order valence-electron chi connectivity index (χ2n) is 27.0. The van der Waals surface area contributed by atoms with Crippen LogP contribution in [-0.4, -0.2) is 96.7 Å². The van der Waals surface area contributed by atoms with E-state index in [0.717, 1.165) is 180 Å². The Labute approximate surface area is 632 Å². The Kier molecular flexibility index (Phi) is 73.3. The van der Waals surface area contributed by atoms with Crippen LogP contribution in [0.4, 0.5) is 0 Å². The molecule has 598 valence electrons. The number of rotatable bonds is 76. The van der Waals surface area contributed by atoms with E-state index in [2.05, 4.69) is 149 Å². The summed E-state index contributed by atoms with van der Waals surface area (Å²) in [6.45, 7) is 4.61. The third-order valence-electron chi connectivity index (χ3n) is 16.9. The molecule has 0 saturated carbocycles. The second kappa shape index (κ2) is 76.6. The van der Waals surface area contributed by atoms with Gasteiger partial charge in [-0.15, -0.1) is 0 Å². The first-order chi connectivity index (χ1) is 50.7. The van der Waals surface area contributed by atoms with Gasteiger partial charge in [0.25, 0.3) is 0 Å². The van der Waals surface area contributed by atoms with Crippen LogP contribution in [-0.2, 0) is 65.4 Å². The minimum absolute atomic E-state index is 0.0764. The van der Waals surface area contributed by atoms with E-state index in [1.165, 1.54) is 77.0 Å². The van der Waals surface area contributed by atoms with Crippen LogP contribution in [0.25, 0.3) is 0 Å². The molecule has 0 fully saturated rings. The zero-order valence-corrected chi connectivity index (χ0v) is 67.2. The van der Waals surface area contributed by atoms with Crippen molar-refractivity contribution in [2.24, 2.45) is 0 Å². The van der Waals surface area contributed by atoms with Crippen molar-refractivity contribution in [2.45, 2.75) is 354 Å². The van der Waals surface area contributed by atoms with Crippen molar-refractivity contribution in [1.29, 1.82) is 0 Å². The number of hydrogen-bond acceptors (Lipinski definition) is 15. The molecule has 0 saturated heterocycles. The molecule has 5 unspecified atom stereocenters. The molecule has 0 heterocycles. The molecule has 0 radical (unpaired) electrons. The van der Waals surface area contributed by atoms with Gasteiger partial charge < -0.3 is 33.8 Å². The lowest BCUT2D eigenvalue weighted by atomic mass is 10.1. The number of unbranched alkanes of at least 4 members (excludes halogenated alkanes) is 30. The second-order valence-corrected chi connectivity index (χ2v) is 29.9. The quantitative estimate of drug-likeness (QED) is 0.0169. The van der Waals surface area contributed by atoms with Crippen LogP contribution in [0.15, 0.2) is 122 Å². The minimum Gasteiger partial charge on any atom is -0.462 e. The molecular weight excluding hydrogens is 1350 g/mol. The molecular formula is C85H146O17P2. The summed E-state index contributed by atoms with van der Waals surface area (Å²) >= 11 is 0. The molecule has 0 aliphatic rings. The van der Waals surface area contributed by atoms with E-state index in [1.54, 1.807) is 0 Å². The molecule has 0 amide bonds. The third-order valence-corrected chi connectivity index (χ3v) is 18.8. The van der Waals surface area contributed by atoms with E-state index in [1.807, 2.05) is 0 Å². The summed E-state index contributed by atoms with van der Waals surface area (Å²) in [5.74, 6) is -2.22. The molecule has 0 aromatic carbocycles. The fraction of sp³-hybridized carbons (Fsp3) is 0.718. The summed E-state index contributed by atoms with van der Waals surface area (Å²) in [5.41, 5.74) is 0. The summed E-state index contributed by atoms with van der Waals surface area (Å²) in [5, 5.41) is 10.6. The summed E-state index contributed by atoms with van der Waals surface area (Å²) in [4.78, 5) is 73.0. The molecule has 0 aromatic heterocycles. The summed E-state index contributed by atoms with van der Waals surface area (Å²) < 4.78 is 68.6. The van der Waals surface area contributed by atoms with Gasteiger partial charge in [0.2, 0.25) is 0 Å². The number of allylic oxidation sites excluding steroid dienone is 20. The highest BCUT2D eigenvalue weighted by molar-refractivity contribution is 7.47. The van der Waals surface area contributed by atoms with Gasteiger partial charge in [0, 0.05) is 25.7 Å². The van der Waals surface area contributed by atoms with Crippen molar-refractivity contribution < 1.29 is 80.2 Å². The Morgan fingerprint density at radius 2 is 0.500 bits per heavy atom. The van der Waals surface area contributed by atoms with Crippen LogP contribution in [0, 0.1) is 0 Å². The van der Waals surface area contributed by atoms with E-state index in [0.29, 0.717) is 25.7 Å². The van der Waals surface area contributed by atoms with Crippen molar-refractivity contribution in [3.63, 3.8) is 0 Å². The Hall–Kier alpha value is -4.54. The van der Waals surface area contributed by atoms with Crippen molar-refractivity contribution >= 4 is 39.5 Å². The van der Waals surface area contributed by atoms with E-state index < -0.39 is 97.5 Å². The third kappa shape index (κ3) is 75.7. The van der Waals surface area contributed by atoms with Gasteiger partial charge in [-0.1, -0.05) is 297 Å². The number of carbonyl (C=O) groups excluding carboxylic acids is 4. The smallest absolute Gasteiger partial charge is 0.462 e. The van der Waals surface area contributed by atoms with E-state index >= 15 is 0 Å². The highest BCUT2D eigenvalue weighted by atomic mass is 31.2. The molecule has 0 aliphatic heterocycles. The SMILES string of the molecule is CC/C=C\C/C=C\C/C=C\C/C=C\C/C=C\CCCCCC(=O)OCC(COP(=O)(O)OCC(O)COP(=O)(O)OCC(COC(=O)CCCCCCCC/C=C\C/C=C\C/C=C\C/C=C\CC)OC(=O)CCCCCCCCCCCCC)OC(=O)CCCCCCC/C=C\CCCCCCCC. The van der Waals surface area contributed by atoms with Gasteiger partial charge in [0.05, 0.1) is 26.4 Å². The number of aliphatic hydroxyl groups is 1. The number of phosphoric acid groups is 2. The van der Waals surface area contributed by atoms with Crippen LogP contribution in [0.5, 0.6) is 0 Å². The van der Waals surface area contributed by atoms with Crippen molar-refractivity contribution in [2.75, 3.05) is 39.6 Å². The van der Waals surface area contributed by atoms with E-state index in [9.17, 15) is 43.2 Å². The Morgan fingerprint density at radius 1 is 0.279 bits per heavy atom. The summed E-state index contributed by atoms with van der Waals surface area (Å²) in [6, 6.07) is 0. The number of ether oxygens (including phenoxy) is 4. The van der Waals surface area contributed by atoms with Crippen molar-refractivity contribution in [3.05, 3.63) is 122 Å². The lowest BCUT2D eigenvalue weighted by Crippen LogP contribution is -2.30. The Balaban J connectivity index is 5.35. The highest BCUT2D eigenvalue weighted by Crippen LogP contribution is 2.45. The van der Waals surface area contributed by atoms with Crippen molar-refractivity contribution in [3.8, 4) is 0 Å². The molecule has 0 spiro atoms. The summed E-state index contributed by atoms with van der Waals surface area (Å²) in [6.07, 6.45) is 84.6. The fourth-order valence-corrected chi connectivity index (χ4v) is 12.3. The number of esters is 4. The van der Waals surface area contributed by atoms with Gasteiger partial charge >= 0.3 is 39.5 Å². The maximum Gasteiger partial charge on any atom is 0.472 e. The van der Waals surface area contributed by atoms with Crippen LogP contribution in [0.2, 0.25) is 0 Å². The molecule has 104 heavy (non-hydrogen) atoms. The van der Waals surface area contributed by atoms with Crippen LogP contribution in [0.1, 0.15) is 336 Å². The van der Waals surface area contributed by atoms with E-state index in [-0.39, 0.29) is 25.7 Å².